The smallest absolute Gasteiger partial charge is 0.263 e. The molecule has 0 aromatic heterocycles. The molecule has 25 heavy (non-hydrogen) atoms. The molecule has 0 saturated heterocycles. The van der Waals surface area contributed by atoms with E-state index in [9.17, 15) is 9.59 Å². The van der Waals surface area contributed by atoms with Crippen LogP contribution in [0.4, 0.5) is 0 Å². The maximum absolute atomic E-state index is 12.8. The van der Waals surface area contributed by atoms with Crippen LogP contribution in [0.3, 0.4) is 0 Å². The van der Waals surface area contributed by atoms with Crippen molar-refractivity contribution in [1.29, 1.82) is 0 Å². The molecule has 4 nitrogen and oxygen atoms in total. The van der Waals surface area contributed by atoms with Gasteiger partial charge in [0.1, 0.15) is 5.41 Å². The first-order valence-corrected chi connectivity index (χ1v) is 8.73. The third-order valence-corrected chi connectivity index (χ3v) is 6.32. The molecule has 0 amide bonds. The highest BCUT2D eigenvalue weighted by Crippen LogP contribution is 2.65. The number of Topliss-reactive ketones (excluding diaryl/α,β-unsaturated/α-hetero) is 2. The summed E-state index contributed by atoms with van der Waals surface area (Å²) in [6.07, 6.45) is 0.878. The molecule has 124 valence electrons. The van der Waals surface area contributed by atoms with Gasteiger partial charge in [0.05, 0.1) is 0 Å². The molecule has 5 rings (SSSR count). The highest BCUT2D eigenvalue weighted by Gasteiger charge is 2.81. The third-order valence-electron chi connectivity index (χ3n) is 6.32. The van der Waals surface area contributed by atoms with Gasteiger partial charge in [-0.2, -0.15) is 0 Å². The van der Waals surface area contributed by atoms with Crippen LogP contribution in [0.5, 0.6) is 0 Å². The molecule has 0 bridgehead atoms. The van der Waals surface area contributed by atoms with Gasteiger partial charge in [0.25, 0.3) is 11.8 Å². The summed E-state index contributed by atoms with van der Waals surface area (Å²) >= 11 is 0. The van der Waals surface area contributed by atoms with Crippen LogP contribution in [0, 0.1) is 5.41 Å². The second-order valence-electron chi connectivity index (χ2n) is 7.32. The maximum atomic E-state index is 12.8. The standard InChI is InChI=1S/C21H18N2O2/c22-23-19-17(24)11-15(13-7-3-1-4-8-13)21(19)16(12-18(25)20(21)23)14-9-5-2-6-10-14/h1-10,15-16,19H,11-12H2,(H-,22,25)/p+1. The van der Waals surface area contributed by atoms with Crippen LogP contribution in [0.15, 0.2) is 60.7 Å². The highest BCUT2D eigenvalue weighted by molar-refractivity contribution is 6.45. The van der Waals surface area contributed by atoms with Gasteiger partial charge in [-0.15, -0.1) is 4.68 Å². The fourth-order valence-corrected chi connectivity index (χ4v) is 5.50. The summed E-state index contributed by atoms with van der Waals surface area (Å²) in [5.41, 5.74) is 2.43. The number of carbonyl (C=O) groups excluding carboxylic acids is 2. The van der Waals surface area contributed by atoms with E-state index in [1.807, 2.05) is 36.4 Å². The zero-order chi connectivity index (χ0) is 17.2. The largest absolute Gasteiger partial charge is 0.292 e. The molecule has 2 saturated carbocycles. The van der Waals surface area contributed by atoms with Crippen molar-refractivity contribution in [3.63, 3.8) is 0 Å². The second-order valence-corrected chi connectivity index (χ2v) is 7.32. The average molecular weight is 331 g/mol. The Kier molecular flexibility index (Phi) is 2.85. The van der Waals surface area contributed by atoms with E-state index in [1.54, 1.807) is 0 Å². The van der Waals surface area contributed by atoms with Crippen LogP contribution >= 0.6 is 0 Å². The van der Waals surface area contributed by atoms with Crippen LogP contribution in [-0.4, -0.2) is 28.0 Å². The Morgan fingerprint density at radius 1 is 0.840 bits per heavy atom. The van der Waals surface area contributed by atoms with Gasteiger partial charge in [-0.3, -0.25) is 9.59 Å². The minimum absolute atomic E-state index is 0.0117. The summed E-state index contributed by atoms with van der Waals surface area (Å²) in [6.45, 7) is 0. The van der Waals surface area contributed by atoms with Crippen molar-refractivity contribution in [2.75, 3.05) is 0 Å². The van der Waals surface area contributed by atoms with Crippen molar-refractivity contribution in [2.24, 2.45) is 11.3 Å². The van der Waals surface area contributed by atoms with Gasteiger partial charge in [-0.25, -0.2) is 5.84 Å². The van der Waals surface area contributed by atoms with Gasteiger partial charge in [-0.05, 0) is 11.1 Å². The van der Waals surface area contributed by atoms with E-state index in [0.29, 0.717) is 18.6 Å². The van der Waals surface area contributed by atoms with Crippen LogP contribution in [0.2, 0.25) is 0 Å². The zero-order valence-electron chi connectivity index (χ0n) is 13.8. The van der Waals surface area contributed by atoms with Crippen LogP contribution in [-0.2, 0) is 9.59 Å². The van der Waals surface area contributed by atoms with Crippen molar-refractivity contribution in [2.45, 2.75) is 30.7 Å². The number of hydrogen-bond acceptors (Lipinski definition) is 3. The monoisotopic (exact) mass is 331 g/mol. The predicted octanol–water partition coefficient (Wildman–Crippen LogP) is 2.20. The normalized spacial score (nSPS) is 33.2. The number of nitrogens with two attached hydrogens (primary N) is 1. The van der Waals surface area contributed by atoms with E-state index in [1.165, 1.54) is 4.68 Å². The number of rotatable bonds is 2. The Morgan fingerprint density at radius 3 is 1.92 bits per heavy atom. The lowest BCUT2D eigenvalue weighted by molar-refractivity contribution is -0.609. The first-order valence-electron chi connectivity index (χ1n) is 8.73. The summed E-state index contributed by atoms with van der Waals surface area (Å²) in [5, 5.41) is 0. The van der Waals surface area contributed by atoms with E-state index in [0.717, 1.165) is 11.1 Å². The minimum atomic E-state index is -0.481. The van der Waals surface area contributed by atoms with E-state index in [4.69, 9.17) is 5.84 Å². The van der Waals surface area contributed by atoms with E-state index < -0.39 is 5.41 Å². The fraction of sp³-hybridized carbons (Fsp3) is 0.286. The number of nitrogens with zero attached hydrogens (tertiary/aromatic N) is 1. The Morgan fingerprint density at radius 2 is 1.36 bits per heavy atom. The zero-order valence-corrected chi connectivity index (χ0v) is 13.8. The van der Waals surface area contributed by atoms with Gasteiger partial charge in [0.15, 0.2) is 0 Å². The molecule has 4 unspecified atom stereocenters. The molecule has 4 heteroatoms. The SMILES string of the molecule is N[N+]1=C2C(=O)CC(c3ccccc3)C23C(c2ccccc2)CC(=O)C13. The van der Waals surface area contributed by atoms with Crippen molar-refractivity contribution in [1.82, 2.24) is 0 Å². The van der Waals surface area contributed by atoms with E-state index in [2.05, 4.69) is 24.3 Å². The molecule has 0 radical (unpaired) electrons. The fourth-order valence-electron chi connectivity index (χ4n) is 5.50. The first kappa shape index (κ1) is 14.6. The highest BCUT2D eigenvalue weighted by atomic mass is 16.1. The van der Waals surface area contributed by atoms with Crippen LogP contribution in [0.1, 0.15) is 35.8 Å². The molecule has 1 heterocycles. The van der Waals surface area contributed by atoms with Crippen molar-refractivity contribution in [3.8, 4) is 0 Å². The number of carbonyl (C=O) groups is 2. The van der Waals surface area contributed by atoms with Crippen molar-refractivity contribution in [3.05, 3.63) is 71.8 Å². The molecule has 1 spiro atoms. The van der Waals surface area contributed by atoms with Gasteiger partial charge < -0.3 is 0 Å². The quantitative estimate of drug-likeness (QED) is 0.678. The average Bonchev–Trinajstić information content (AvgIpc) is 3.05. The number of ketones is 2. The topological polar surface area (TPSA) is 63.2 Å². The predicted molar refractivity (Wildman–Crippen MR) is 93.3 cm³/mol. The lowest BCUT2D eigenvalue weighted by Crippen LogP contribution is -2.66. The van der Waals surface area contributed by atoms with Crippen molar-refractivity contribution >= 4 is 17.3 Å². The summed E-state index contributed by atoms with van der Waals surface area (Å²) in [5.74, 6) is 6.42. The summed E-state index contributed by atoms with van der Waals surface area (Å²) in [7, 11) is 0. The Balaban J connectivity index is 1.74. The van der Waals surface area contributed by atoms with Crippen LogP contribution in [0.25, 0.3) is 0 Å². The lowest BCUT2D eigenvalue weighted by atomic mass is 9.60. The van der Waals surface area contributed by atoms with Crippen molar-refractivity contribution < 1.29 is 14.3 Å². The molecule has 2 N–H and O–H groups in total. The number of hydrazone groups is 1. The maximum Gasteiger partial charge on any atom is 0.263 e. The summed E-state index contributed by atoms with van der Waals surface area (Å²) in [4.78, 5) is 25.6. The lowest BCUT2D eigenvalue weighted by Gasteiger charge is -2.41. The van der Waals surface area contributed by atoms with Gasteiger partial charge in [0, 0.05) is 24.7 Å². The molecule has 4 atom stereocenters. The number of hydrazine groups is 1. The first-order chi connectivity index (χ1) is 12.2. The number of hydrogen-bond donors (Lipinski definition) is 1. The Bertz CT molecular complexity index is 876. The minimum Gasteiger partial charge on any atom is -0.292 e. The molecule has 3 aliphatic rings. The summed E-state index contributed by atoms with van der Waals surface area (Å²) < 4.78 is 1.45. The van der Waals surface area contributed by atoms with Gasteiger partial charge >= 0.3 is 0 Å². The van der Waals surface area contributed by atoms with Crippen LogP contribution < -0.4 is 5.84 Å². The molecule has 2 aromatic rings. The molecular formula is C21H19N2O2+. The van der Waals surface area contributed by atoms with Gasteiger partial charge in [0.2, 0.25) is 11.6 Å². The van der Waals surface area contributed by atoms with E-state index >= 15 is 0 Å². The third kappa shape index (κ3) is 1.64. The number of benzene rings is 2. The molecular weight excluding hydrogens is 312 g/mol. The molecule has 1 aliphatic heterocycles. The second kappa shape index (κ2) is 4.88. The Hall–Kier alpha value is -2.75. The summed E-state index contributed by atoms with van der Waals surface area (Å²) in [6, 6.07) is 19.8. The van der Waals surface area contributed by atoms with Gasteiger partial charge in [-0.1, -0.05) is 60.7 Å². The van der Waals surface area contributed by atoms with E-state index in [-0.39, 0.29) is 29.4 Å². The molecule has 2 fully saturated rings. The molecule has 2 aliphatic carbocycles. The Labute approximate surface area is 145 Å². The molecule has 2 aromatic carbocycles.